The van der Waals surface area contributed by atoms with Gasteiger partial charge in [-0.25, -0.2) is 4.68 Å². The number of aromatic nitrogens is 4. The highest BCUT2D eigenvalue weighted by Crippen LogP contribution is 2.26. The van der Waals surface area contributed by atoms with Crippen molar-refractivity contribution in [3.63, 3.8) is 0 Å². The molecule has 1 aliphatic carbocycles. The van der Waals surface area contributed by atoms with Crippen LogP contribution in [0.5, 0.6) is 0 Å². The molecule has 0 N–H and O–H groups in total. The molecule has 0 aliphatic heterocycles. The summed E-state index contributed by atoms with van der Waals surface area (Å²) in [7, 11) is 1.29. The summed E-state index contributed by atoms with van der Waals surface area (Å²) in [4.78, 5) is 23.4. The zero-order chi connectivity index (χ0) is 13.0. The normalized spacial score (nSPS) is 16.5. The van der Waals surface area contributed by atoms with Crippen molar-refractivity contribution in [1.82, 2.24) is 20.2 Å². The molecule has 7 nitrogen and oxygen atoms in total. The molecule has 0 atom stereocenters. The average molecular weight is 252 g/mol. The molecular formula is C11H16N4O3. The summed E-state index contributed by atoms with van der Waals surface area (Å²) in [5.74, 6) is -0.392. The van der Waals surface area contributed by atoms with Crippen molar-refractivity contribution >= 4 is 11.8 Å². The number of hydrogen-bond donors (Lipinski definition) is 0. The molecule has 1 heterocycles. The van der Waals surface area contributed by atoms with Crippen molar-refractivity contribution in [2.24, 2.45) is 5.92 Å². The van der Waals surface area contributed by atoms with E-state index in [2.05, 4.69) is 20.3 Å². The summed E-state index contributed by atoms with van der Waals surface area (Å²) in [5, 5.41) is 10.8. The minimum absolute atomic E-state index is 0.0128. The van der Waals surface area contributed by atoms with E-state index in [0.29, 0.717) is 0 Å². The minimum atomic E-state index is -0.472. The van der Waals surface area contributed by atoms with Gasteiger partial charge in [-0.05, 0) is 23.3 Å². The zero-order valence-electron chi connectivity index (χ0n) is 10.3. The third-order valence-corrected chi connectivity index (χ3v) is 3.23. The molecule has 18 heavy (non-hydrogen) atoms. The predicted molar refractivity (Wildman–Crippen MR) is 60.7 cm³/mol. The average Bonchev–Trinajstić information content (AvgIpc) is 2.86. The second-order valence-electron chi connectivity index (χ2n) is 4.44. The first kappa shape index (κ1) is 12.7. The SMILES string of the molecule is COC(=O)Cn1nnnc1C(=O)C1CCCCC1. The second-order valence-corrected chi connectivity index (χ2v) is 4.44. The molecule has 98 valence electrons. The van der Waals surface area contributed by atoms with Gasteiger partial charge in [0.05, 0.1) is 7.11 Å². The molecule has 1 saturated carbocycles. The standard InChI is InChI=1S/C11H16N4O3/c1-18-9(16)7-15-11(12-13-14-15)10(17)8-5-3-2-4-6-8/h8H,2-7H2,1H3. The van der Waals surface area contributed by atoms with Crippen LogP contribution in [0.1, 0.15) is 42.7 Å². The Morgan fingerprint density at radius 3 is 2.72 bits per heavy atom. The molecule has 1 aromatic rings. The highest BCUT2D eigenvalue weighted by Gasteiger charge is 2.27. The summed E-state index contributed by atoms with van der Waals surface area (Å²) in [5.41, 5.74) is 0. The van der Waals surface area contributed by atoms with Crippen molar-refractivity contribution in [3.05, 3.63) is 5.82 Å². The molecule has 2 rings (SSSR count). The summed E-state index contributed by atoms with van der Waals surface area (Å²) < 4.78 is 5.75. The maximum absolute atomic E-state index is 12.2. The molecule has 7 heteroatoms. The Morgan fingerprint density at radius 1 is 1.33 bits per heavy atom. The van der Waals surface area contributed by atoms with Crippen LogP contribution in [-0.4, -0.2) is 39.1 Å². The maximum atomic E-state index is 12.2. The van der Waals surface area contributed by atoms with Gasteiger partial charge >= 0.3 is 5.97 Å². The third kappa shape index (κ3) is 2.72. The molecule has 0 bridgehead atoms. The van der Waals surface area contributed by atoms with Gasteiger partial charge in [0.1, 0.15) is 6.54 Å². The summed E-state index contributed by atoms with van der Waals surface area (Å²) in [6.45, 7) is -0.128. The van der Waals surface area contributed by atoms with Crippen LogP contribution in [-0.2, 0) is 16.1 Å². The molecule has 0 unspecified atom stereocenters. The van der Waals surface area contributed by atoms with E-state index < -0.39 is 5.97 Å². The summed E-state index contributed by atoms with van der Waals surface area (Å²) in [6, 6.07) is 0. The van der Waals surface area contributed by atoms with Crippen molar-refractivity contribution < 1.29 is 14.3 Å². The molecule has 1 fully saturated rings. The number of carbonyl (C=O) groups is 2. The predicted octanol–water partition coefficient (Wildman–Crippen LogP) is 0.609. The van der Waals surface area contributed by atoms with Gasteiger partial charge in [-0.2, -0.15) is 0 Å². The first-order valence-electron chi connectivity index (χ1n) is 6.09. The van der Waals surface area contributed by atoms with Gasteiger partial charge in [-0.15, -0.1) is 5.10 Å². The number of rotatable bonds is 4. The Balaban J connectivity index is 2.10. The zero-order valence-corrected chi connectivity index (χ0v) is 10.3. The Bertz CT molecular complexity index is 437. The first-order chi connectivity index (χ1) is 8.72. The van der Waals surface area contributed by atoms with Crippen LogP contribution in [0, 0.1) is 5.92 Å². The number of carbonyl (C=O) groups excluding carboxylic acids is 2. The van der Waals surface area contributed by atoms with Crippen LogP contribution in [0.4, 0.5) is 0 Å². The largest absolute Gasteiger partial charge is 0.468 e. The Labute approximate surface area is 104 Å². The van der Waals surface area contributed by atoms with Gasteiger partial charge in [0.2, 0.25) is 11.6 Å². The van der Waals surface area contributed by atoms with Gasteiger partial charge < -0.3 is 4.74 Å². The van der Waals surface area contributed by atoms with E-state index in [4.69, 9.17) is 0 Å². The lowest BCUT2D eigenvalue weighted by Gasteiger charge is -2.19. The van der Waals surface area contributed by atoms with Crippen LogP contribution < -0.4 is 0 Å². The number of tetrazole rings is 1. The van der Waals surface area contributed by atoms with Crippen LogP contribution in [0.3, 0.4) is 0 Å². The number of methoxy groups -OCH3 is 1. The molecule has 0 aromatic carbocycles. The molecule has 1 aromatic heterocycles. The Kier molecular flexibility index (Phi) is 4.01. The van der Waals surface area contributed by atoms with Gasteiger partial charge in [-0.1, -0.05) is 19.3 Å². The third-order valence-electron chi connectivity index (χ3n) is 3.23. The van der Waals surface area contributed by atoms with E-state index in [9.17, 15) is 9.59 Å². The fourth-order valence-electron chi connectivity index (χ4n) is 2.22. The number of ether oxygens (including phenoxy) is 1. The van der Waals surface area contributed by atoms with E-state index in [1.165, 1.54) is 18.2 Å². The van der Waals surface area contributed by atoms with E-state index in [0.717, 1.165) is 25.7 Å². The van der Waals surface area contributed by atoms with Crippen molar-refractivity contribution in [3.8, 4) is 0 Å². The Morgan fingerprint density at radius 2 is 2.06 bits per heavy atom. The van der Waals surface area contributed by atoms with Crippen molar-refractivity contribution in [1.29, 1.82) is 0 Å². The second kappa shape index (κ2) is 5.70. The molecule has 0 radical (unpaired) electrons. The van der Waals surface area contributed by atoms with E-state index in [-0.39, 0.29) is 24.1 Å². The number of nitrogens with zero attached hydrogens (tertiary/aromatic N) is 4. The maximum Gasteiger partial charge on any atom is 0.327 e. The molecule has 1 aliphatic rings. The number of hydrogen-bond acceptors (Lipinski definition) is 6. The summed E-state index contributed by atoms with van der Waals surface area (Å²) in [6.07, 6.45) is 5.06. The van der Waals surface area contributed by atoms with E-state index in [1.807, 2.05) is 0 Å². The molecule has 0 spiro atoms. The number of esters is 1. The quantitative estimate of drug-likeness (QED) is 0.576. The summed E-state index contributed by atoms with van der Waals surface area (Å²) >= 11 is 0. The fourth-order valence-corrected chi connectivity index (χ4v) is 2.22. The van der Waals surface area contributed by atoms with Crippen molar-refractivity contribution in [2.75, 3.05) is 7.11 Å². The van der Waals surface area contributed by atoms with Gasteiger partial charge in [-0.3, -0.25) is 9.59 Å². The van der Waals surface area contributed by atoms with Gasteiger partial charge in [0.15, 0.2) is 0 Å². The highest BCUT2D eigenvalue weighted by molar-refractivity contribution is 5.94. The van der Waals surface area contributed by atoms with Gasteiger partial charge in [0, 0.05) is 5.92 Å². The smallest absolute Gasteiger partial charge is 0.327 e. The lowest BCUT2D eigenvalue weighted by atomic mass is 9.86. The van der Waals surface area contributed by atoms with Crippen LogP contribution >= 0.6 is 0 Å². The van der Waals surface area contributed by atoms with E-state index in [1.54, 1.807) is 0 Å². The monoisotopic (exact) mass is 252 g/mol. The van der Waals surface area contributed by atoms with Crippen LogP contribution in [0.2, 0.25) is 0 Å². The van der Waals surface area contributed by atoms with Crippen LogP contribution in [0.25, 0.3) is 0 Å². The number of ketones is 1. The fraction of sp³-hybridized carbons (Fsp3) is 0.727. The topological polar surface area (TPSA) is 87.0 Å². The minimum Gasteiger partial charge on any atom is -0.468 e. The molecular weight excluding hydrogens is 236 g/mol. The van der Waals surface area contributed by atoms with Crippen LogP contribution in [0.15, 0.2) is 0 Å². The first-order valence-corrected chi connectivity index (χ1v) is 6.09. The van der Waals surface area contributed by atoms with Crippen molar-refractivity contribution in [2.45, 2.75) is 38.6 Å². The van der Waals surface area contributed by atoms with Gasteiger partial charge in [0.25, 0.3) is 0 Å². The lowest BCUT2D eigenvalue weighted by molar-refractivity contribution is -0.141. The Hall–Kier alpha value is -1.79. The molecule has 0 amide bonds. The highest BCUT2D eigenvalue weighted by atomic mass is 16.5. The van der Waals surface area contributed by atoms with E-state index >= 15 is 0 Å². The molecule has 0 saturated heterocycles. The lowest BCUT2D eigenvalue weighted by Crippen LogP contribution is -2.24. The number of Topliss-reactive ketones (excluding diaryl/α,β-unsaturated/α-hetero) is 1.